The minimum absolute atomic E-state index is 0.210. The first-order chi connectivity index (χ1) is 7.32. The third kappa shape index (κ3) is 3.35. The number of hydrogen-bond acceptors (Lipinski definition) is 4. The lowest BCUT2D eigenvalue weighted by atomic mass is 10.1. The molecule has 0 saturated carbocycles. The molecule has 1 rings (SSSR count). The minimum Gasteiger partial charge on any atom is -0.479 e. The predicted molar refractivity (Wildman–Crippen MR) is 53.9 cm³/mol. The molecule has 2 atom stereocenters. The molecule has 0 aliphatic carbocycles. The van der Waals surface area contributed by atoms with Gasteiger partial charge < -0.3 is 25.5 Å². The van der Waals surface area contributed by atoms with E-state index in [9.17, 15) is 14.7 Å². The smallest absolute Gasteiger partial charge is 0.334 e. The van der Waals surface area contributed by atoms with E-state index >= 15 is 0 Å². The highest BCUT2D eigenvalue weighted by Crippen LogP contribution is 2.19. The van der Waals surface area contributed by atoms with Crippen LogP contribution in [-0.4, -0.2) is 63.6 Å². The van der Waals surface area contributed by atoms with Gasteiger partial charge in [0, 0.05) is 6.54 Å². The van der Waals surface area contributed by atoms with Crippen LogP contribution in [0.3, 0.4) is 0 Å². The topological polar surface area (TPSA) is 110 Å². The second-order valence-electron chi connectivity index (χ2n) is 4.21. The van der Waals surface area contributed by atoms with Crippen molar-refractivity contribution in [3.8, 4) is 0 Å². The van der Waals surface area contributed by atoms with Crippen LogP contribution < -0.4 is 5.32 Å². The number of carboxylic acid groups (broad SMARTS) is 1. The number of β-amino-alcohol motifs (C(OH)–C–C–N with tert-alkyl or cyclic N) is 1. The number of aliphatic carboxylic acids is 1. The van der Waals surface area contributed by atoms with Crippen molar-refractivity contribution in [3.63, 3.8) is 0 Å². The van der Waals surface area contributed by atoms with E-state index < -0.39 is 23.7 Å². The van der Waals surface area contributed by atoms with E-state index in [1.54, 1.807) is 6.92 Å². The highest BCUT2D eigenvalue weighted by atomic mass is 16.4. The summed E-state index contributed by atoms with van der Waals surface area (Å²) in [6, 6.07) is -0.474. The lowest BCUT2D eigenvalue weighted by Gasteiger charge is -2.19. The Hall–Kier alpha value is -1.34. The number of carbonyl (C=O) groups is 2. The van der Waals surface area contributed by atoms with Crippen LogP contribution in [0.25, 0.3) is 0 Å². The van der Waals surface area contributed by atoms with Crippen LogP contribution in [0.5, 0.6) is 0 Å². The summed E-state index contributed by atoms with van der Waals surface area (Å²) in [7, 11) is 0. The summed E-state index contributed by atoms with van der Waals surface area (Å²) in [5.74, 6) is -1.38. The van der Waals surface area contributed by atoms with Crippen molar-refractivity contribution in [1.29, 1.82) is 0 Å². The van der Waals surface area contributed by atoms with Crippen molar-refractivity contribution in [1.82, 2.24) is 10.2 Å². The Morgan fingerprint density at radius 1 is 1.56 bits per heavy atom. The number of amides is 2. The molecule has 0 radical (unpaired) electrons. The highest BCUT2D eigenvalue weighted by Gasteiger charge is 2.34. The Labute approximate surface area is 92.7 Å². The van der Waals surface area contributed by atoms with Gasteiger partial charge in [0.05, 0.1) is 18.7 Å². The largest absolute Gasteiger partial charge is 0.479 e. The molecular weight excluding hydrogens is 216 g/mol. The number of rotatable bonds is 3. The average Bonchev–Trinajstić information content (AvgIpc) is 2.54. The number of carbonyl (C=O) groups excluding carboxylic acids is 1. The minimum atomic E-state index is -1.60. The first-order valence-electron chi connectivity index (χ1n) is 4.98. The van der Waals surface area contributed by atoms with Crippen molar-refractivity contribution in [3.05, 3.63) is 0 Å². The predicted octanol–water partition coefficient (Wildman–Crippen LogP) is -1.40. The Morgan fingerprint density at radius 3 is 2.62 bits per heavy atom. The van der Waals surface area contributed by atoms with Crippen LogP contribution in [-0.2, 0) is 4.79 Å². The number of aliphatic hydroxyl groups is 2. The molecule has 1 fully saturated rings. The maximum Gasteiger partial charge on any atom is 0.334 e. The molecule has 7 heteroatoms. The molecule has 7 nitrogen and oxygen atoms in total. The molecule has 1 heterocycles. The van der Waals surface area contributed by atoms with E-state index in [4.69, 9.17) is 10.2 Å². The molecule has 1 aliphatic rings. The van der Waals surface area contributed by atoms with Gasteiger partial charge in [0.25, 0.3) is 0 Å². The molecule has 0 bridgehead atoms. The van der Waals surface area contributed by atoms with E-state index in [0.717, 1.165) is 0 Å². The first kappa shape index (κ1) is 12.7. The van der Waals surface area contributed by atoms with E-state index in [1.807, 2.05) is 0 Å². The van der Waals surface area contributed by atoms with Gasteiger partial charge in [0.1, 0.15) is 0 Å². The number of hydrogen-bond donors (Lipinski definition) is 4. The molecule has 2 amide bonds. The van der Waals surface area contributed by atoms with Gasteiger partial charge in [-0.3, -0.25) is 0 Å². The van der Waals surface area contributed by atoms with Gasteiger partial charge in [-0.2, -0.15) is 0 Å². The fourth-order valence-electron chi connectivity index (χ4n) is 1.50. The van der Waals surface area contributed by atoms with E-state index in [1.165, 1.54) is 4.90 Å². The number of carboxylic acids is 1. The lowest BCUT2D eigenvalue weighted by molar-refractivity contribution is -0.146. The number of urea groups is 1. The Balaban J connectivity index is 2.34. The van der Waals surface area contributed by atoms with Crippen molar-refractivity contribution in [2.45, 2.75) is 25.0 Å². The Bertz CT molecular complexity index is 292. The highest BCUT2D eigenvalue weighted by molar-refractivity contribution is 5.77. The van der Waals surface area contributed by atoms with E-state index in [0.29, 0.717) is 13.0 Å². The number of likely N-dealkylation sites (tertiary alicyclic amines) is 1. The Kier molecular flexibility index (Phi) is 3.71. The van der Waals surface area contributed by atoms with Gasteiger partial charge in [0.15, 0.2) is 6.10 Å². The van der Waals surface area contributed by atoms with Gasteiger partial charge in [-0.15, -0.1) is 0 Å². The summed E-state index contributed by atoms with van der Waals surface area (Å²) >= 11 is 0. The van der Waals surface area contributed by atoms with E-state index in [2.05, 4.69) is 5.32 Å². The zero-order chi connectivity index (χ0) is 12.3. The van der Waals surface area contributed by atoms with Crippen LogP contribution in [0.4, 0.5) is 4.79 Å². The molecule has 1 aliphatic heterocycles. The van der Waals surface area contributed by atoms with Crippen molar-refractivity contribution < 1.29 is 24.9 Å². The monoisotopic (exact) mass is 232 g/mol. The van der Waals surface area contributed by atoms with Crippen LogP contribution in [0.15, 0.2) is 0 Å². The molecular formula is C9H16N2O5. The van der Waals surface area contributed by atoms with Crippen molar-refractivity contribution >= 4 is 12.0 Å². The fraction of sp³-hybridized carbons (Fsp3) is 0.778. The third-order valence-corrected chi connectivity index (χ3v) is 2.47. The van der Waals surface area contributed by atoms with Gasteiger partial charge in [-0.05, 0) is 13.3 Å². The van der Waals surface area contributed by atoms with E-state index in [-0.39, 0.29) is 13.1 Å². The third-order valence-electron chi connectivity index (χ3n) is 2.47. The lowest BCUT2D eigenvalue weighted by Crippen LogP contribution is -2.44. The summed E-state index contributed by atoms with van der Waals surface area (Å²) in [5, 5.41) is 29.2. The van der Waals surface area contributed by atoms with Crippen molar-refractivity contribution in [2.75, 3.05) is 19.6 Å². The number of aliphatic hydroxyl groups excluding tert-OH is 1. The van der Waals surface area contributed by atoms with Gasteiger partial charge in [0.2, 0.25) is 0 Å². The number of nitrogens with zero attached hydrogens (tertiary/aromatic N) is 1. The molecule has 0 aromatic heterocycles. The molecule has 0 aromatic rings. The maximum absolute atomic E-state index is 11.5. The molecule has 16 heavy (non-hydrogen) atoms. The van der Waals surface area contributed by atoms with Crippen LogP contribution in [0.2, 0.25) is 0 Å². The Morgan fingerprint density at radius 2 is 2.19 bits per heavy atom. The van der Waals surface area contributed by atoms with Crippen LogP contribution in [0.1, 0.15) is 13.3 Å². The molecule has 0 spiro atoms. The molecule has 1 saturated heterocycles. The zero-order valence-corrected chi connectivity index (χ0v) is 9.01. The average molecular weight is 232 g/mol. The summed E-state index contributed by atoms with van der Waals surface area (Å²) in [6.07, 6.45) is -1.12. The van der Waals surface area contributed by atoms with Crippen LogP contribution in [0, 0.1) is 0 Å². The summed E-state index contributed by atoms with van der Waals surface area (Å²) < 4.78 is 0. The normalized spacial score (nSPS) is 26.6. The maximum atomic E-state index is 11.5. The second-order valence-corrected chi connectivity index (χ2v) is 4.21. The van der Waals surface area contributed by atoms with Crippen molar-refractivity contribution in [2.24, 2.45) is 0 Å². The molecule has 0 aromatic carbocycles. The zero-order valence-electron chi connectivity index (χ0n) is 9.01. The van der Waals surface area contributed by atoms with Gasteiger partial charge in [-0.1, -0.05) is 0 Å². The fourth-order valence-corrected chi connectivity index (χ4v) is 1.50. The summed E-state index contributed by atoms with van der Waals surface area (Å²) in [4.78, 5) is 23.1. The quantitative estimate of drug-likeness (QED) is 0.478. The van der Waals surface area contributed by atoms with Gasteiger partial charge in [-0.25, -0.2) is 9.59 Å². The first-order valence-corrected chi connectivity index (χ1v) is 4.98. The summed E-state index contributed by atoms with van der Waals surface area (Å²) in [5.41, 5.74) is -0.886. The molecule has 4 N–H and O–H groups in total. The van der Waals surface area contributed by atoms with Gasteiger partial charge >= 0.3 is 12.0 Å². The second kappa shape index (κ2) is 4.67. The number of nitrogens with one attached hydrogen (secondary N) is 1. The summed E-state index contributed by atoms with van der Waals surface area (Å²) in [6.45, 7) is 1.92. The molecule has 92 valence electrons. The molecule has 1 unspecified atom stereocenters. The standard InChI is InChI=1S/C9H16N2O5/c1-9(16)2-3-11(5-9)8(15)10-4-6(12)7(13)14/h6,12,16H,2-5H2,1H3,(H,10,15)(H,13,14)/t6-,9?/m0/s1. The SMILES string of the molecule is CC1(O)CCN(C(=O)NC[C@H](O)C(=O)O)C1. The van der Waals surface area contributed by atoms with Crippen LogP contribution >= 0.6 is 0 Å².